The first-order chi connectivity index (χ1) is 65.1. The first-order valence-electron chi connectivity index (χ1n) is 46.0. The highest BCUT2D eigenvalue weighted by atomic mass is 16.2. The van der Waals surface area contributed by atoms with Gasteiger partial charge in [-0.05, 0) is 249 Å². The molecule has 17 aromatic rings. The molecule has 16 bridgehead atoms. The van der Waals surface area contributed by atoms with Crippen LogP contribution in [-0.4, -0.2) is 51.7 Å². The van der Waals surface area contributed by atoms with Gasteiger partial charge in [0.25, 0.3) is 11.8 Å². The SMILES string of the molecule is CCCCCCc1cc(-c2ccc(C(=O)Nc3ccc(-c4c5nc(c(-c6ccccc6)c6ccc([nH]6)c(-c6ccccc6)c6nc(c(-c7ccccc7)c7ccc4[nH]7)C=C6)C=C5)cc3)cc2)c(CCCCCC)cc1-c1ccc(C(=O)Nc2ccc(-c3c4nc(c(-c5ccccc5)c5ccc([nH]5)c(-c5ccccc5)c5nc(c(-c6ccccc6)c6ccc3[nH]6)C=C5)C=C4)cc2)cc1. The number of rotatable bonds is 24. The fourth-order valence-electron chi connectivity index (χ4n) is 19.0. The van der Waals surface area contributed by atoms with E-state index in [4.69, 9.17) is 19.9 Å². The number of carbonyl (C=O) groups excluding carboxylic acids is 2. The summed E-state index contributed by atoms with van der Waals surface area (Å²) in [5.74, 6) is -0.408. The maximum absolute atomic E-state index is 14.6. The smallest absolute Gasteiger partial charge is 0.255 e. The molecule has 0 atom stereocenters. The van der Waals surface area contributed by atoms with E-state index in [1.54, 1.807) is 0 Å². The summed E-state index contributed by atoms with van der Waals surface area (Å²) in [7, 11) is 0. The van der Waals surface area contributed by atoms with E-state index in [0.717, 1.165) is 254 Å². The van der Waals surface area contributed by atoms with Gasteiger partial charge in [-0.15, -0.1) is 0 Å². The van der Waals surface area contributed by atoms with Crippen molar-refractivity contribution in [3.8, 4) is 111 Å². The molecule has 2 amide bonds. The number of hydrogen-bond acceptors (Lipinski definition) is 6. The fourth-order valence-corrected chi connectivity index (χ4v) is 19.0. The van der Waals surface area contributed by atoms with Gasteiger partial charge in [0.05, 0.1) is 45.6 Å². The Labute approximate surface area is 767 Å². The Bertz CT molecular complexity index is 7200. The summed E-state index contributed by atoms with van der Waals surface area (Å²) in [5.41, 5.74) is 39.2. The number of benzene rings is 11. The normalized spacial score (nSPS) is 12.0. The van der Waals surface area contributed by atoms with Crippen molar-refractivity contribution in [1.82, 2.24) is 39.9 Å². The molecule has 638 valence electrons. The van der Waals surface area contributed by atoms with Gasteiger partial charge in [0, 0.05) is 111 Å². The van der Waals surface area contributed by atoms with E-state index in [0.29, 0.717) is 22.5 Å². The Morgan fingerprint density at radius 1 is 0.227 bits per heavy atom. The number of hydrogen-bond donors (Lipinski definition) is 6. The summed E-state index contributed by atoms with van der Waals surface area (Å²) >= 11 is 0. The zero-order chi connectivity index (χ0) is 88.8. The van der Waals surface area contributed by atoms with Crippen molar-refractivity contribution in [3.05, 3.63) is 408 Å². The highest BCUT2D eigenvalue weighted by Gasteiger charge is 2.25. The van der Waals surface area contributed by atoms with Crippen molar-refractivity contribution in [3.63, 3.8) is 0 Å². The molecule has 6 aromatic heterocycles. The minimum absolute atomic E-state index is 0.204. The van der Waals surface area contributed by atoms with E-state index in [1.807, 2.05) is 84.9 Å². The van der Waals surface area contributed by atoms with Crippen LogP contribution in [0.25, 0.3) is 204 Å². The number of fused-ring (bicyclic) bond motifs is 16. The van der Waals surface area contributed by atoms with E-state index >= 15 is 0 Å². The third-order valence-electron chi connectivity index (χ3n) is 25.6. The van der Waals surface area contributed by atoms with Crippen LogP contribution in [0.4, 0.5) is 11.4 Å². The number of amides is 2. The zero-order valence-corrected chi connectivity index (χ0v) is 73.6. The molecule has 11 aromatic carbocycles. The lowest BCUT2D eigenvalue weighted by atomic mass is 9.86. The van der Waals surface area contributed by atoms with Crippen molar-refractivity contribution in [2.45, 2.75) is 78.1 Å². The van der Waals surface area contributed by atoms with E-state index in [2.05, 4.69) is 348 Å². The highest BCUT2D eigenvalue weighted by molar-refractivity contribution is 6.08. The largest absolute Gasteiger partial charge is 0.354 e. The predicted molar refractivity (Wildman–Crippen MR) is 550 cm³/mol. The minimum Gasteiger partial charge on any atom is -0.354 e. The number of H-pyrrole nitrogens is 4. The van der Waals surface area contributed by atoms with E-state index in [1.165, 1.54) is 22.3 Å². The van der Waals surface area contributed by atoms with Gasteiger partial charge in [-0.1, -0.05) is 295 Å². The molecule has 0 aliphatic carbocycles. The average molecular weight is 1710 g/mol. The fraction of sp³-hybridized carbons (Fsp3) is 0.100. The molecule has 10 heterocycles. The number of anilines is 2. The quantitative estimate of drug-likeness (QED) is 0.0329. The Kier molecular flexibility index (Phi) is 23.2. The third-order valence-corrected chi connectivity index (χ3v) is 25.6. The highest BCUT2D eigenvalue weighted by Crippen LogP contribution is 2.44. The number of aryl methyl sites for hydroxylation is 2. The van der Waals surface area contributed by atoms with Crippen molar-refractivity contribution < 1.29 is 9.59 Å². The van der Waals surface area contributed by atoms with Crippen LogP contribution in [0.1, 0.15) is 143 Å². The summed E-state index contributed by atoms with van der Waals surface area (Å²) in [5, 5.41) is 6.50. The van der Waals surface area contributed by atoms with Crippen LogP contribution in [0.15, 0.2) is 340 Å². The van der Waals surface area contributed by atoms with Crippen LogP contribution in [0.2, 0.25) is 0 Å². The Balaban J connectivity index is 0.573. The molecule has 4 aliphatic rings. The van der Waals surface area contributed by atoms with Crippen molar-refractivity contribution in [2.75, 3.05) is 10.6 Å². The number of nitrogens with zero attached hydrogens (tertiary/aromatic N) is 4. The van der Waals surface area contributed by atoms with Gasteiger partial charge in [-0.25, -0.2) is 19.9 Å². The lowest BCUT2D eigenvalue weighted by molar-refractivity contribution is 0.101. The molecule has 6 N–H and O–H groups in total. The van der Waals surface area contributed by atoms with E-state index in [-0.39, 0.29) is 11.8 Å². The lowest BCUT2D eigenvalue weighted by Gasteiger charge is -2.18. The van der Waals surface area contributed by atoms with Crippen LogP contribution < -0.4 is 10.6 Å². The summed E-state index contributed by atoms with van der Waals surface area (Å²) in [6.07, 6.45) is 27.7. The second-order valence-electron chi connectivity index (χ2n) is 34.2. The number of unbranched alkanes of at least 4 members (excludes halogenated alkanes) is 6. The van der Waals surface area contributed by atoms with Gasteiger partial charge in [0.15, 0.2) is 0 Å². The average Bonchev–Trinajstić information content (AvgIpc) is 1.50. The number of carbonyl (C=O) groups is 2. The molecule has 0 saturated heterocycles. The summed E-state index contributed by atoms with van der Waals surface area (Å²) < 4.78 is 0. The molecule has 0 fully saturated rings. The van der Waals surface area contributed by atoms with Crippen LogP contribution >= 0.6 is 0 Å². The molecule has 12 nitrogen and oxygen atoms in total. The first-order valence-corrected chi connectivity index (χ1v) is 46.0. The van der Waals surface area contributed by atoms with Gasteiger partial charge in [-0.3, -0.25) is 9.59 Å². The van der Waals surface area contributed by atoms with E-state index < -0.39 is 0 Å². The Morgan fingerprint density at radius 2 is 0.432 bits per heavy atom. The summed E-state index contributed by atoms with van der Waals surface area (Å²) in [4.78, 5) is 66.7. The van der Waals surface area contributed by atoms with Gasteiger partial charge >= 0.3 is 0 Å². The van der Waals surface area contributed by atoms with Crippen LogP contribution in [-0.2, 0) is 12.8 Å². The number of nitrogens with one attached hydrogen (secondary N) is 6. The molecule has 21 rings (SSSR count). The summed E-state index contributed by atoms with van der Waals surface area (Å²) in [6, 6.07) is 117. The van der Waals surface area contributed by atoms with E-state index in [9.17, 15) is 9.59 Å². The predicted octanol–water partition coefficient (Wildman–Crippen LogP) is 31.0. The molecular weight excluding hydrogens is 1610 g/mol. The monoisotopic (exact) mass is 1710 g/mol. The Hall–Kier alpha value is -16.4. The minimum atomic E-state index is -0.204. The molecule has 0 spiro atoms. The topological polar surface area (TPSA) is 173 Å². The lowest BCUT2D eigenvalue weighted by Crippen LogP contribution is -2.11. The maximum atomic E-state index is 14.6. The number of aromatic nitrogens is 8. The molecular formula is C120H96N10O2. The van der Waals surface area contributed by atoms with Gasteiger partial charge in [-0.2, -0.15) is 0 Å². The first kappa shape index (κ1) is 82.5. The number of aromatic amines is 4. The zero-order valence-electron chi connectivity index (χ0n) is 73.6. The van der Waals surface area contributed by atoms with Gasteiger partial charge in [0.2, 0.25) is 0 Å². The maximum Gasteiger partial charge on any atom is 0.255 e. The van der Waals surface area contributed by atoms with Gasteiger partial charge in [0.1, 0.15) is 0 Å². The molecule has 12 heteroatoms. The van der Waals surface area contributed by atoms with Crippen molar-refractivity contribution in [2.24, 2.45) is 0 Å². The van der Waals surface area contributed by atoms with Crippen LogP contribution in [0.3, 0.4) is 0 Å². The second kappa shape index (κ2) is 37.1. The standard InChI is InChI=1S/C120H96N10O2/c1-3-5-7-15-41-89-75-94(78-45-49-88(50-46-78)120(132)122-92-57-53-86(54-58-92)118-109-73-69-105(129-109)115(83-37-25-13-26-38-83)101-65-61-97(125-101)112(80-31-19-10-20-32-80)98-62-66-102(126-98)116(84-39-27-14-28-40-84)106-70-74-110(118)130-106)90(42-16-8-6-4-2)76-93(89)77-43-47-87(48-44-77)119(131)121-91-55-51-85(52-56-91)117-107-71-67-103(127-107)113(81-33-21-11-22-34-81)99-63-59-95(123-99)111(79-29-17-9-18-30-79)96-60-64-100(124-96)114(82-35-23-12-24-36-82)104-68-72-108(117)128-104/h9-14,17-40,43-76,123,125,128,130H,3-8,15-16,41-42H2,1-2H3,(H,121,131)(H,122,132). The van der Waals surface area contributed by atoms with Crippen LogP contribution in [0, 0.1) is 0 Å². The third kappa shape index (κ3) is 16.9. The van der Waals surface area contributed by atoms with Crippen molar-refractivity contribution >= 4 is 116 Å². The van der Waals surface area contributed by atoms with Crippen molar-refractivity contribution in [1.29, 1.82) is 0 Å². The van der Waals surface area contributed by atoms with Crippen LogP contribution in [0.5, 0.6) is 0 Å². The second-order valence-corrected chi connectivity index (χ2v) is 34.2. The molecule has 0 unspecified atom stereocenters. The molecule has 4 aliphatic heterocycles. The molecule has 0 radical (unpaired) electrons. The Morgan fingerprint density at radius 3 is 0.644 bits per heavy atom. The molecule has 0 saturated carbocycles. The molecule has 132 heavy (non-hydrogen) atoms. The summed E-state index contributed by atoms with van der Waals surface area (Å²) in [6.45, 7) is 4.51. The van der Waals surface area contributed by atoms with Gasteiger partial charge < -0.3 is 30.6 Å².